The van der Waals surface area contributed by atoms with Crippen LogP contribution < -0.4 is 4.74 Å². The zero-order valence-electron chi connectivity index (χ0n) is 20.2. The van der Waals surface area contributed by atoms with E-state index in [1.165, 1.54) is 35.5 Å². The average molecular weight is 494 g/mol. The number of halogens is 1. The molecule has 1 atom stereocenters. The van der Waals surface area contributed by atoms with E-state index < -0.39 is 17.7 Å². The lowest BCUT2D eigenvalue weighted by Gasteiger charge is -2.25. The quantitative estimate of drug-likeness (QED) is 0.265. The SMILES string of the molecule is COc1ccc(C(C)(C)C)cc1/C(O)=C1\C(=O)C(=O)N(CCc2ccc(F)cc2)C1c1cccs1. The van der Waals surface area contributed by atoms with E-state index in [0.717, 1.165) is 16.0 Å². The van der Waals surface area contributed by atoms with Crippen molar-refractivity contribution >= 4 is 28.8 Å². The number of ether oxygens (including phenoxy) is 1. The van der Waals surface area contributed by atoms with E-state index in [-0.39, 0.29) is 29.1 Å². The Morgan fingerprint density at radius 3 is 2.43 bits per heavy atom. The number of rotatable bonds is 6. The highest BCUT2D eigenvalue weighted by atomic mass is 32.1. The van der Waals surface area contributed by atoms with Gasteiger partial charge >= 0.3 is 0 Å². The first-order chi connectivity index (χ1) is 16.6. The summed E-state index contributed by atoms with van der Waals surface area (Å²) in [7, 11) is 1.50. The summed E-state index contributed by atoms with van der Waals surface area (Å²) in [5, 5.41) is 13.3. The van der Waals surface area contributed by atoms with E-state index in [0.29, 0.717) is 17.7 Å². The molecule has 1 unspecified atom stereocenters. The molecule has 7 heteroatoms. The fourth-order valence-corrected chi connectivity index (χ4v) is 5.10. The first-order valence-electron chi connectivity index (χ1n) is 11.4. The number of hydrogen-bond donors (Lipinski definition) is 1. The van der Waals surface area contributed by atoms with Crippen LogP contribution in [0.1, 0.15) is 48.4 Å². The van der Waals surface area contributed by atoms with Crippen molar-refractivity contribution in [2.24, 2.45) is 0 Å². The molecule has 0 radical (unpaired) electrons. The summed E-state index contributed by atoms with van der Waals surface area (Å²) in [6.07, 6.45) is 0.443. The molecule has 35 heavy (non-hydrogen) atoms. The van der Waals surface area contributed by atoms with Gasteiger partial charge in [-0.1, -0.05) is 45.0 Å². The number of aliphatic hydroxyl groups is 1. The van der Waals surface area contributed by atoms with Gasteiger partial charge in [0, 0.05) is 11.4 Å². The molecule has 0 saturated carbocycles. The number of nitrogens with zero attached hydrogens (tertiary/aromatic N) is 1. The smallest absolute Gasteiger partial charge is 0.295 e. The third-order valence-corrected chi connectivity index (χ3v) is 7.15. The Morgan fingerprint density at radius 2 is 1.83 bits per heavy atom. The highest BCUT2D eigenvalue weighted by molar-refractivity contribution is 7.10. The van der Waals surface area contributed by atoms with Crippen LogP contribution in [-0.4, -0.2) is 35.4 Å². The van der Waals surface area contributed by atoms with Crippen LogP contribution in [0.5, 0.6) is 5.75 Å². The molecule has 5 nitrogen and oxygen atoms in total. The molecule has 1 aliphatic heterocycles. The number of Topliss-reactive ketones (excluding diaryl/α,β-unsaturated/α-hetero) is 1. The highest BCUT2D eigenvalue weighted by Crippen LogP contribution is 2.43. The van der Waals surface area contributed by atoms with Crippen LogP contribution in [0.15, 0.2) is 65.6 Å². The molecule has 1 N–H and O–H groups in total. The van der Waals surface area contributed by atoms with Gasteiger partial charge in [0.05, 0.1) is 24.3 Å². The van der Waals surface area contributed by atoms with Crippen LogP contribution in [-0.2, 0) is 21.4 Å². The summed E-state index contributed by atoms with van der Waals surface area (Å²) in [5.41, 5.74) is 2.02. The number of carbonyl (C=O) groups excluding carboxylic acids is 2. The predicted octanol–water partition coefficient (Wildman–Crippen LogP) is 5.86. The van der Waals surface area contributed by atoms with Crippen molar-refractivity contribution in [3.05, 3.63) is 92.9 Å². The zero-order chi connectivity index (χ0) is 25.3. The monoisotopic (exact) mass is 493 g/mol. The maximum absolute atomic E-state index is 13.3. The third kappa shape index (κ3) is 4.86. The minimum Gasteiger partial charge on any atom is -0.507 e. The Labute approximate surface area is 208 Å². The van der Waals surface area contributed by atoms with Gasteiger partial charge in [-0.3, -0.25) is 9.59 Å². The van der Waals surface area contributed by atoms with Crippen molar-refractivity contribution < 1.29 is 23.8 Å². The van der Waals surface area contributed by atoms with Crippen molar-refractivity contribution in [2.75, 3.05) is 13.7 Å². The minimum absolute atomic E-state index is 0.0425. The molecule has 4 rings (SSSR count). The molecule has 1 saturated heterocycles. The van der Waals surface area contributed by atoms with Crippen LogP contribution in [0.3, 0.4) is 0 Å². The van der Waals surface area contributed by atoms with Crippen molar-refractivity contribution in [1.29, 1.82) is 0 Å². The lowest BCUT2D eigenvalue weighted by atomic mass is 9.85. The zero-order valence-corrected chi connectivity index (χ0v) is 21.0. The Bertz CT molecular complexity index is 1270. The number of aliphatic hydroxyl groups excluding tert-OH is 1. The molecular weight excluding hydrogens is 465 g/mol. The number of ketones is 1. The Balaban J connectivity index is 1.80. The largest absolute Gasteiger partial charge is 0.507 e. The molecule has 2 heterocycles. The lowest BCUT2D eigenvalue weighted by Crippen LogP contribution is -2.31. The first-order valence-corrected chi connectivity index (χ1v) is 12.2. The van der Waals surface area contributed by atoms with Gasteiger partial charge in [0.1, 0.15) is 17.3 Å². The van der Waals surface area contributed by atoms with Crippen LogP contribution in [0.25, 0.3) is 5.76 Å². The molecule has 2 aromatic carbocycles. The van der Waals surface area contributed by atoms with Gasteiger partial charge in [-0.05, 0) is 58.7 Å². The summed E-state index contributed by atoms with van der Waals surface area (Å²) in [4.78, 5) is 28.7. The molecule has 1 aliphatic rings. The second kappa shape index (κ2) is 9.66. The van der Waals surface area contributed by atoms with Crippen molar-refractivity contribution in [1.82, 2.24) is 4.90 Å². The van der Waals surface area contributed by atoms with Crippen LogP contribution in [0.4, 0.5) is 4.39 Å². The summed E-state index contributed by atoms with van der Waals surface area (Å²) in [6, 6.07) is 14.5. The highest BCUT2D eigenvalue weighted by Gasteiger charge is 2.46. The standard InChI is InChI=1S/C28H28FNO4S/c1-28(2,3)18-9-12-21(34-4)20(16-18)25(31)23-24(22-6-5-15-35-22)30(27(33)26(23)32)14-13-17-7-10-19(29)11-8-17/h5-12,15-16,24,31H,13-14H2,1-4H3/b25-23+. The molecule has 1 aromatic heterocycles. The second-order valence-corrected chi connectivity index (χ2v) is 10.5. The molecule has 1 fully saturated rings. The van der Waals surface area contributed by atoms with E-state index >= 15 is 0 Å². The van der Waals surface area contributed by atoms with Crippen LogP contribution in [0, 0.1) is 5.82 Å². The predicted molar refractivity (Wildman–Crippen MR) is 135 cm³/mol. The third-order valence-electron chi connectivity index (χ3n) is 6.23. The van der Waals surface area contributed by atoms with Crippen LogP contribution in [0.2, 0.25) is 0 Å². The van der Waals surface area contributed by atoms with E-state index in [9.17, 15) is 19.1 Å². The van der Waals surface area contributed by atoms with Gasteiger partial charge in [0.25, 0.3) is 11.7 Å². The summed E-state index contributed by atoms with van der Waals surface area (Å²) < 4.78 is 18.8. The topological polar surface area (TPSA) is 66.8 Å². The first kappa shape index (κ1) is 24.7. The summed E-state index contributed by atoms with van der Waals surface area (Å²) in [5.74, 6) is -1.58. The Kier molecular flexibility index (Phi) is 6.81. The Morgan fingerprint density at radius 1 is 1.11 bits per heavy atom. The normalized spacial score (nSPS) is 17.7. The van der Waals surface area contributed by atoms with Gasteiger partial charge in [-0.25, -0.2) is 4.39 Å². The van der Waals surface area contributed by atoms with E-state index in [4.69, 9.17) is 4.74 Å². The van der Waals surface area contributed by atoms with Crippen molar-refractivity contribution in [2.45, 2.75) is 38.6 Å². The van der Waals surface area contributed by atoms with Gasteiger partial charge < -0.3 is 14.7 Å². The molecule has 1 amide bonds. The molecule has 182 valence electrons. The molecular formula is C28H28FNO4S. The molecule has 0 aliphatic carbocycles. The maximum Gasteiger partial charge on any atom is 0.295 e. The van der Waals surface area contributed by atoms with Crippen molar-refractivity contribution in [3.8, 4) is 5.75 Å². The number of benzene rings is 2. The van der Waals surface area contributed by atoms with Gasteiger partial charge in [-0.2, -0.15) is 0 Å². The number of methoxy groups -OCH3 is 1. The average Bonchev–Trinajstić information content (AvgIpc) is 3.44. The Hall–Kier alpha value is -3.45. The number of hydrogen-bond acceptors (Lipinski definition) is 5. The van der Waals surface area contributed by atoms with E-state index in [1.54, 1.807) is 18.2 Å². The van der Waals surface area contributed by atoms with Crippen molar-refractivity contribution in [3.63, 3.8) is 0 Å². The second-order valence-electron chi connectivity index (χ2n) is 9.55. The van der Waals surface area contributed by atoms with E-state index in [2.05, 4.69) is 20.8 Å². The van der Waals surface area contributed by atoms with Crippen LogP contribution >= 0.6 is 11.3 Å². The van der Waals surface area contributed by atoms with Gasteiger partial charge in [-0.15, -0.1) is 11.3 Å². The maximum atomic E-state index is 13.3. The molecule has 3 aromatic rings. The number of carbonyl (C=O) groups is 2. The molecule has 0 bridgehead atoms. The fourth-order valence-electron chi connectivity index (χ4n) is 4.26. The van der Waals surface area contributed by atoms with Gasteiger partial charge in [0.2, 0.25) is 0 Å². The lowest BCUT2D eigenvalue weighted by molar-refractivity contribution is -0.139. The fraction of sp³-hybridized carbons (Fsp3) is 0.286. The summed E-state index contributed by atoms with van der Waals surface area (Å²) in [6.45, 7) is 6.41. The minimum atomic E-state index is -0.733. The number of likely N-dealkylation sites (tertiary alicyclic amines) is 1. The summed E-state index contributed by atoms with van der Waals surface area (Å²) >= 11 is 1.41. The molecule has 0 spiro atoms. The number of amides is 1. The van der Waals surface area contributed by atoms with Gasteiger partial charge in [0.15, 0.2) is 0 Å². The van der Waals surface area contributed by atoms with E-state index in [1.807, 2.05) is 29.6 Å². The number of thiophene rings is 1.